The molecule has 0 spiro atoms. The lowest BCUT2D eigenvalue weighted by Crippen LogP contribution is -2.48. The SMILES string of the molecule is CC(=O)N1CCC[C@@H]1[C@@H]1CCCN1C[C@@H](O)c1ccc(F)cc1. The van der Waals surface area contributed by atoms with E-state index in [-0.39, 0.29) is 17.8 Å². The third-order valence-corrected chi connectivity index (χ3v) is 5.22. The minimum absolute atomic E-state index is 0.151. The van der Waals surface area contributed by atoms with Crippen molar-refractivity contribution in [3.05, 3.63) is 35.6 Å². The summed E-state index contributed by atoms with van der Waals surface area (Å²) in [5.41, 5.74) is 0.742. The number of benzene rings is 1. The van der Waals surface area contributed by atoms with Crippen molar-refractivity contribution in [2.45, 2.75) is 50.8 Å². The Hall–Kier alpha value is -1.46. The number of carbonyl (C=O) groups excluding carboxylic acids is 1. The number of β-amino-alcohol motifs (C(OH)–C–C–N with tert-alkyl or cyclic N) is 1. The highest BCUT2D eigenvalue weighted by atomic mass is 19.1. The van der Waals surface area contributed by atoms with Crippen molar-refractivity contribution in [1.82, 2.24) is 9.80 Å². The molecular formula is C18H25FN2O2. The topological polar surface area (TPSA) is 43.8 Å². The molecule has 1 aromatic carbocycles. The van der Waals surface area contributed by atoms with Gasteiger partial charge < -0.3 is 10.0 Å². The Morgan fingerprint density at radius 1 is 1.22 bits per heavy atom. The number of aliphatic hydroxyl groups is 1. The Labute approximate surface area is 136 Å². The van der Waals surface area contributed by atoms with Gasteiger partial charge in [-0.3, -0.25) is 9.69 Å². The maximum Gasteiger partial charge on any atom is 0.219 e. The first-order chi connectivity index (χ1) is 11.1. The first-order valence-electron chi connectivity index (χ1n) is 8.51. The van der Waals surface area contributed by atoms with Crippen LogP contribution in [0, 0.1) is 5.82 Å². The van der Waals surface area contributed by atoms with E-state index in [2.05, 4.69) is 4.90 Å². The Balaban J connectivity index is 1.67. The molecule has 3 atom stereocenters. The van der Waals surface area contributed by atoms with E-state index in [1.165, 1.54) is 12.1 Å². The maximum atomic E-state index is 13.0. The van der Waals surface area contributed by atoms with Crippen molar-refractivity contribution in [3.63, 3.8) is 0 Å². The lowest BCUT2D eigenvalue weighted by atomic mass is 10.0. The Bertz CT molecular complexity index is 548. The summed E-state index contributed by atoms with van der Waals surface area (Å²) in [5, 5.41) is 10.5. The van der Waals surface area contributed by atoms with Crippen LogP contribution in [0.25, 0.3) is 0 Å². The number of rotatable bonds is 4. The number of aliphatic hydroxyl groups excluding tert-OH is 1. The molecule has 2 aliphatic heterocycles. The maximum absolute atomic E-state index is 13.0. The second-order valence-electron chi connectivity index (χ2n) is 6.69. The fraction of sp³-hybridized carbons (Fsp3) is 0.611. The molecule has 4 nitrogen and oxygen atoms in total. The van der Waals surface area contributed by atoms with Gasteiger partial charge in [0, 0.05) is 32.1 Å². The van der Waals surface area contributed by atoms with Crippen LogP contribution in [0.2, 0.25) is 0 Å². The van der Waals surface area contributed by atoms with Crippen LogP contribution in [0.5, 0.6) is 0 Å². The fourth-order valence-electron chi connectivity index (χ4n) is 4.11. The molecule has 2 heterocycles. The van der Waals surface area contributed by atoms with Gasteiger partial charge in [-0.2, -0.15) is 0 Å². The molecule has 5 heteroatoms. The molecule has 2 fully saturated rings. The minimum atomic E-state index is -0.622. The first-order valence-corrected chi connectivity index (χ1v) is 8.51. The molecule has 0 radical (unpaired) electrons. The van der Waals surface area contributed by atoms with E-state index in [1.807, 2.05) is 4.90 Å². The quantitative estimate of drug-likeness (QED) is 0.926. The van der Waals surface area contributed by atoms with Crippen LogP contribution in [-0.4, -0.2) is 52.5 Å². The fourth-order valence-corrected chi connectivity index (χ4v) is 4.11. The predicted octanol–water partition coefficient (Wildman–Crippen LogP) is 2.33. The smallest absolute Gasteiger partial charge is 0.219 e. The van der Waals surface area contributed by atoms with Gasteiger partial charge in [-0.25, -0.2) is 4.39 Å². The monoisotopic (exact) mass is 320 g/mol. The van der Waals surface area contributed by atoms with Crippen molar-refractivity contribution >= 4 is 5.91 Å². The highest BCUT2D eigenvalue weighted by Gasteiger charge is 2.39. The largest absolute Gasteiger partial charge is 0.387 e. The van der Waals surface area contributed by atoms with Crippen molar-refractivity contribution in [3.8, 4) is 0 Å². The zero-order valence-electron chi connectivity index (χ0n) is 13.6. The van der Waals surface area contributed by atoms with Crippen LogP contribution in [0.1, 0.15) is 44.3 Å². The van der Waals surface area contributed by atoms with Gasteiger partial charge in [0.05, 0.1) is 6.10 Å². The third-order valence-electron chi connectivity index (χ3n) is 5.22. The Morgan fingerprint density at radius 3 is 2.57 bits per heavy atom. The zero-order chi connectivity index (χ0) is 16.4. The van der Waals surface area contributed by atoms with Crippen LogP contribution < -0.4 is 0 Å². The van der Waals surface area contributed by atoms with Gasteiger partial charge in [-0.05, 0) is 49.9 Å². The molecule has 0 bridgehead atoms. The summed E-state index contributed by atoms with van der Waals surface area (Å²) in [6.45, 7) is 3.99. The third kappa shape index (κ3) is 3.56. The highest BCUT2D eigenvalue weighted by Crippen LogP contribution is 2.31. The van der Waals surface area contributed by atoms with Crippen LogP contribution in [0.4, 0.5) is 4.39 Å². The van der Waals surface area contributed by atoms with E-state index >= 15 is 0 Å². The van der Waals surface area contributed by atoms with Crippen LogP contribution in [-0.2, 0) is 4.79 Å². The van der Waals surface area contributed by atoms with Gasteiger partial charge in [0.15, 0.2) is 0 Å². The van der Waals surface area contributed by atoms with Crippen molar-refractivity contribution in [2.75, 3.05) is 19.6 Å². The number of carbonyl (C=O) groups is 1. The second kappa shape index (κ2) is 6.97. The van der Waals surface area contributed by atoms with E-state index in [4.69, 9.17) is 0 Å². The molecule has 1 amide bonds. The number of amides is 1. The number of nitrogens with zero attached hydrogens (tertiary/aromatic N) is 2. The molecular weight excluding hydrogens is 295 g/mol. The minimum Gasteiger partial charge on any atom is -0.387 e. The van der Waals surface area contributed by atoms with Gasteiger partial charge in [0.25, 0.3) is 0 Å². The van der Waals surface area contributed by atoms with Gasteiger partial charge in [0.2, 0.25) is 5.91 Å². The summed E-state index contributed by atoms with van der Waals surface area (Å²) in [4.78, 5) is 16.1. The number of halogens is 1. The van der Waals surface area contributed by atoms with Crippen LogP contribution in [0.3, 0.4) is 0 Å². The number of likely N-dealkylation sites (tertiary alicyclic amines) is 2. The molecule has 1 aromatic rings. The second-order valence-corrected chi connectivity index (χ2v) is 6.69. The summed E-state index contributed by atoms with van der Waals surface area (Å²) in [6, 6.07) is 6.65. The van der Waals surface area contributed by atoms with Crippen LogP contribution >= 0.6 is 0 Å². The summed E-state index contributed by atoms with van der Waals surface area (Å²) in [5.74, 6) is -0.138. The molecule has 126 valence electrons. The van der Waals surface area contributed by atoms with Crippen molar-refractivity contribution in [1.29, 1.82) is 0 Å². The van der Waals surface area contributed by atoms with Crippen molar-refractivity contribution in [2.24, 2.45) is 0 Å². The highest BCUT2D eigenvalue weighted by molar-refractivity contribution is 5.74. The molecule has 3 rings (SSSR count). The Kier molecular flexibility index (Phi) is 4.97. The number of hydrogen-bond acceptors (Lipinski definition) is 3. The van der Waals surface area contributed by atoms with Gasteiger partial charge in [-0.1, -0.05) is 12.1 Å². The van der Waals surface area contributed by atoms with E-state index in [0.717, 1.165) is 44.3 Å². The normalized spacial score (nSPS) is 26.7. The van der Waals surface area contributed by atoms with Gasteiger partial charge in [-0.15, -0.1) is 0 Å². The first kappa shape index (κ1) is 16.4. The molecule has 2 saturated heterocycles. The summed E-state index contributed by atoms with van der Waals surface area (Å²) >= 11 is 0. The lowest BCUT2D eigenvalue weighted by Gasteiger charge is -2.35. The van der Waals surface area contributed by atoms with E-state index < -0.39 is 6.10 Å². The van der Waals surface area contributed by atoms with Gasteiger partial charge in [0.1, 0.15) is 5.82 Å². The average molecular weight is 320 g/mol. The van der Waals surface area contributed by atoms with Gasteiger partial charge >= 0.3 is 0 Å². The number of hydrogen-bond donors (Lipinski definition) is 1. The average Bonchev–Trinajstić information content (AvgIpc) is 3.15. The van der Waals surface area contributed by atoms with E-state index in [1.54, 1.807) is 19.1 Å². The zero-order valence-corrected chi connectivity index (χ0v) is 13.6. The Morgan fingerprint density at radius 2 is 1.87 bits per heavy atom. The lowest BCUT2D eigenvalue weighted by molar-refractivity contribution is -0.130. The van der Waals surface area contributed by atoms with Crippen LogP contribution in [0.15, 0.2) is 24.3 Å². The molecule has 23 heavy (non-hydrogen) atoms. The summed E-state index contributed by atoms with van der Waals surface area (Å²) in [7, 11) is 0. The molecule has 2 aliphatic rings. The molecule has 0 saturated carbocycles. The molecule has 0 aromatic heterocycles. The van der Waals surface area contributed by atoms with Crippen molar-refractivity contribution < 1.29 is 14.3 Å². The molecule has 0 aliphatic carbocycles. The molecule has 1 N–H and O–H groups in total. The standard InChI is InChI=1S/C18H25FN2O2/c1-13(22)21-11-3-5-17(21)16-4-2-10-20(16)12-18(23)14-6-8-15(19)9-7-14/h6-9,16-18,23H,2-5,10-12H2,1H3/t16-,17+,18+/m0/s1. The van der Waals surface area contributed by atoms with E-state index in [0.29, 0.717) is 12.6 Å². The summed E-state index contributed by atoms with van der Waals surface area (Å²) in [6.07, 6.45) is 3.67. The predicted molar refractivity (Wildman–Crippen MR) is 86.4 cm³/mol. The summed E-state index contributed by atoms with van der Waals surface area (Å²) < 4.78 is 13.0. The molecule has 0 unspecified atom stereocenters. The van der Waals surface area contributed by atoms with E-state index in [9.17, 15) is 14.3 Å².